The van der Waals surface area contributed by atoms with E-state index in [1.54, 1.807) is 19.1 Å². The molecule has 1 aromatic carbocycles. The molecule has 20 heavy (non-hydrogen) atoms. The van der Waals surface area contributed by atoms with Crippen LogP contribution in [-0.4, -0.2) is 46.8 Å². The highest BCUT2D eigenvalue weighted by Gasteiger charge is 2.26. The third-order valence-corrected chi connectivity index (χ3v) is 3.69. The second-order valence-electron chi connectivity index (χ2n) is 5.29. The van der Waals surface area contributed by atoms with E-state index in [0.717, 1.165) is 5.56 Å². The molecule has 1 fully saturated rings. The number of aryl methyl sites for hydroxylation is 1. The Kier molecular flexibility index (Phi) is 4.69. The van der Waals surface area contributed by atoms with Crippen molar-refractivity contribution < 1.29 is 14.8 Å². The van der Waals surface area contributed by atoms with Crippen molar-refractivity contribution in [1.82, 2.24) is 4.90 Å². The molecule has 1 N–H and O–H groups in total. The third-order valence-electron chi connectivity index (χ3n) is 3.69. The van der Waals surface area contributed by atoms with Crippen molar-refractivity contribution in [2.45, 2.75) is 32.5 Å². The fraction of sp³-hybridized carbons (Fsp3) is 0.571. The quantitative estimate of drug-likeness (QED) is 0.668. The molecule has 1 heterocycles. The summed E-state index contributed by atoms with van der Waals surface area (Å²) in [4.78, 5) is 12.8. The average molecular weight is 280 g/mol. The maximum absolute atomic E-state index is 11.0. The molecular formula is C14H20N2O4. The van der Waals surface area contributed by atoms with Gasteiger partial charge < -0.3 is 9.84 Å². The molecule has 1 aliphatic rings. The topological polar surface area (TPSA) is 75.8 Å². The molecular weight excluding hydrogens is 260 g/mol. The molecule has 1 saturated heterocycles. The molecule has 1 aliphatic heterocycles. The fourth-order valence-corrected chi connectivity index (χ4v) is 2.39. The van der Waals surface area contributed by atoms with Crippen LogP contribution in [-0.2, 0) is 11.3 Å². The van der Waals surface area contributed by atoms with E-state index in [2.05, 4.69) is 11.8 Å². The molecule has 0 bridgehead atoms. The van der Waals surface area contributed by atoms with Gasteiger partial charge in [-0.25, -0.2) is 0 Å². The number of rotatable bonds is 4. The van der Waals surface area contributed by atoms with Gasteiger partial charge in [-0.3, -0.25) is 15.0 Å². The molecule has 2 atom stereocenters. The van der Waals surface area contributed by atoms with Gasteiger partial charge in [0.25, 0.3) is 5.69 Å². The van der Waals surface area contributed by atoms with Gasteiger partial charge in [0.05, 0.1) is 24.2 Å². The lowest BCUT2D eigenvalue weighted by Crippen LogP contribution is -2.48. The first-order valence-electron chi connectivity index (χ1n) is 6.71. The van der Waals surface area contributed by atoms with Gasteiger partial charge in [0, 0.05) is 30.8 Å². The summed E-state index contributed by atoms with van der Waals surface area (Å²) in [5.74, 6) is 0. The molecule has 0 amide bonds. The van der Waals surface area contributed by atoms with E-state index >= 15 is 0 Å². The highest BCUT2D eigenvalue weighted by molar-refractivity contribution is 5.42. The smallest absolute Gasteiger partial charge is 0.272 e. The second-order valence-corrected chi connectivity index (χ2v) is 5.29. The van der Waals surface area contributed by atoms with Crippen molar-refractivity contribution in [2.75, 3.05) is 19.8 Å². The Morgan fingerprint density at radius 1 is 1.55 bits per heavy atom. The van der Waals surface area contributed by atoms with E-state index in [1.165, 1.54) is 0 Å². The predicted octanol–water partition coefficient (Wildman–Crippen LogP) is 1.48. The van der Waals surface area contributed by atoms with E-state index in [0.29, 0.717) is 25.3 Å². The van der Waals surface area contributed by atoms with E-state index in [4.69, 9.17) is 4.74 Å². The van der Waals surface area contributed by atoms with Gasteiger partial charge in [-0.05, 0) is 19.4 Å². The second kappa shape index (κ2) is 6.30. The Bertz CT molecular complexity index is 492. The minimum absolute atomic E-state index is 0.00271. The Labute approximate surface area is 118 Å². The zero-order chi connectivity index (χ0) is 14.7. The van der Waals surface area contributed by atoms with Gasteiger partial charge in [0.2, 0.25) is 0 Å². The maximum Gasteiger partial charge on any atom is 0.272 e. The van der Waals surface area contributed by atoms with Crippen molar-refractivity contribution in [1.29, 1.82) is 0 Å². The average Bonchev–Trinajstić information content (AvgIpc) is 2.43. The molecule has 1 aromatic rings. The summed E-state index contributed by atoms with van der Waals surface area (Å²) in [5, 5.41) is 20.1. The van der Waals surface area contributed by atoms with Crippen LogP contribution in [0.5, 0.6) is 0 Å². The summed E-state index contributed by atoms with van der Waals surface area (Å²) in [7, 11) is 0. The number of hydrogen-bond acceptors (Lipinski definition) is 5. The van der Waals surface area contributed by atoms with Gasteiger partial charge >= 0.3 is 0 Å². The Morgan fingerprint density at radius 3 is 2.95 bits per heavy atom. The molecule has 6 heteroatoms. The van der Waals surface area contributed by atoms with Crippen LogP contribution in [0, 0.1) is 17.0 Å². The van der Waals surface area contributed by atoms with Crippen molar-refractivity contribution in [2.24, 2.45) is 0 Å². The summed E-state index contributed by atoms with van der Waals surface area (Å²) in [6.07, 6.45) is -0.174. The van der Waals surface area contributed by atoms with Crippen LogP contribution in [0.2, 0.25) is 0 Å². The molecule has 0 aromatic heterocycles. The van der Waals surface area contributed by atoms with E-state index < -0.39 is 0 Å². The zero-order valence-corrected chi connectivity index (χ0v) is 11.8. The van der Waals surface area contributed by atoms with Gasteiger partial charge in [-0.1, -0.05) is 12.1 Å². The summed E-state index contributed by atoms with van der Waals surface area (Å²) < 4.78 is 5.49. The van der Waals surface area contributed by atoms with Crippen molar-refractivity contribution in [3.8, 4) is 0 Å². The van der Waals surface area contributed by atoms with Crippen LogP contribution in [0.15, 0.2) is 18.2 Å². The number of benzene rings is 1. The Balaban J connectivity index is 2.12. The lowest BCUT2D eigenvalue weighted by molar-refractivity contribution is -0.385. The first kappa shape index (κ1) is 14.9. The minimum Gasteiger partial charge on any atom is -0.394 e. The maximum atomic E-state index is 11.0. The lowest BCUT2D eigenvalue weighted by Gasteiger charge is -2.37. The summed E-state index contributed by atoms with van der Waals surface area (Å²) in [5.41, 5.74) is 1.73. The molecule has 0 aliphatic carbocycles. The predicted molar refractivity (Wildman–Crippen MR) is 74.5 cm³/mol. The highest BCUT2D eigenvalue weighted by Crippen LogP contribution is 2.22. The lowest BCUT2D eigenvalue weighted by atomic mass is 10.1. The Hall–Kier alpha value is -1.50. The molecule has 0 radical (unpaired) electrons. The summed E-state index contributed by atoms with van der Waals surface area (Å²) in [6.45, 7) is 5.62. The number of ether oxygens (including phenoxy) is 1. The van der Waals surface area contributed by atoms with Crippen LogP contribution in [0.25, 0.3) is 0 Å². The van der Waals surface area contributed by atoms with Crippen molar-refractivity contribution >= 4 is 5.69 Å². The van der Waals surface area contributed by atoms with Crippen molar-refractivity contribution in [3.05, 3.63) is 39.4 Å². The van der Waals surface area contributed by atoms with Gasteiger partial charge in [-0.2, -0.15) is 0 Å². The van der Waals surface area contributed by atoms with Crippen LogP contribution in [0.3, 0.4) is 0 Å². The van der Waals surface area contributed by atoms with Crippen LogP contribution >= 0.6 is 0 Å². The van der Waals surface area contributed by atoms with Gasteiger partial charge in [0.1, 0.15) is 0 Å². The minimum atomic E-state index is -0.349. The van der Waals surface area contributed by atoms with Crippen LogP contribution < -0.4 is 0 Å². The fourth-order valence-electron chi connectivity index (χ4n) is 2.39. The molecule has 6 nitrogen and oxygen atoms in total. The molecule has 0 saturated carbocycles. The molecule has 2 rings (SSSR count). The van der Waals surface area contributed by atoms with Gasteiger partial charge in [-0.15, -0.1) is 0 Å². The number of aliphatic hydroxyl groups excluding tert-OH is 1. The number of nitro groups is 1. The molecule has 2 unspecified atom stereocenters. The highest BCUT2D eigenvalue weighted by atomic mass is 16.6. The normalized spacial score (nSPS) is 23.8. The van der Waals surface area contributed by atoms with E-state index in [9.17, 15) is 15.2 Å². The standard InChI is InChI=1S/C14H20N2O4/c1-10-3-4-12(5-14(10)16(18)19)6-15-7-13(8-17)20-9-11(15)2/h3-5,11,13,17H,6-9H2,1-2H3. The molecule has 110 valence electrons. The monoisotopic (exact) mass is 280 g/mol. The Morgan fingerprint density at radius 2 is 2.30 bits per heavy atom. The number of morpholine rings is 1. The molecule has 0 spiro atoms. The zero-order valence-electron chi connectivity index (χ0n) is 11.8. The largest absolute Gasteiger partial charge is 0.394 e. The first-order valence-corrected chi connectivity index (χ1v) is 6.71. The number of nitro benzene ring substituents is 1. The van der Waals surface area contributed by atoms with E-state index in [1.807, 2.05) is 6.07 Å². The van der Waals surface area contributed by atoms with Gasteiger partial charge in [0.15, 0.2) is 0 Å². The summed E-state index contributed by atoms with van der Waals surface area (Å²) >= 11 is 0. The van der Waals surface area contributed by atoms with Crippen molar-refractivity contribution in [3.63, 3.8) is 0 Å². The van der Waals surface area contributed by atoms with Crippen LogP contribution in [0.1, 0.15) is 18.1 Å². The van der Waals surface area contributed by atoms with E-state index in [-0.39, 0.29) is 29.4 Å². The third kappa shape index (κ3) is 3.33. The number of nitrogens with zero attached hydrogens (tertiary/aromatic N) is 2. The summed E-state index contributed by atoms with van der Waals surface area (Å²) in [6, 6.07) is 5.56. The van der Waals surface area contributed by atoms with Crippen LogP contribution in [0.4, 0.5) is 5.69 Å². The SMILES string of the molecule is Cc1ccc(CN2CC(CO)OCC2C)cc1[N+](=O)[O-]. The number of hydrogen-bond donors (Lipinski definition) is 1. The first-order chi connectivity index (χ1) is 9.51. The number of aliphatic hydroxyl groups is 1.